The molecule has 1 saturated heterocycles. The van der Waals surface area contributed by atoms with Crippen LogP contribution in [-0.4, -0.2) is 47.1 Å². The second kappa shape index (κ2) is 7.83. The van der Waals surface area contributed by atoms with Crippen LogP contribution in [0.25, 0.3) is 0 Å². The number of hydrogen-bond donors (Lipinski definition) is 2. The van der Waals surface area contributed by atoms with Crippen molar-refractivity contribution in [2.45, 2.75) is 31.3 Å². The number of carboxylic acid groups (broad SMARTS) is 1. The highest BCUT2D eigenvalue weighted by Gasteiger charge is 2.35. The molecule has 1 aromatic carbocycles. The van der Waals surface area contributed by atoms with E-state index in [1.165, 1.54) is 0 Å². The standard InChI is InChI=1S/C16H17F6NO4/c17-15(18,19)8-27-12-7-10(16(20,21)22)1-2-11(12)13(24)9-3-5-23(6-4-9)14(25)26/h1-2,7,9,13,24H,3-6,8H2,(H,25,26)/t13-/m0/s1. The van der Waals surface area contributed by atoms with Crippen molar-refractivity contribution in [1.82, 2.24) is 4.90 Å². The van der Waals surface area contributed by atoms with E-state index < -0.39 is 48.4 Å². The molecule has 2 rings (SSSR count). The van der Waals surface area contributed by atoms with Crippen molar-refractivity contribution in [3.8, 4) is 5.75 Å². The van der Waals surface area contributed by atoms with E-state index >= 15 is 0 Å². The fourth-order valence-electron chi connectivity index (χ4n) is 2.90. The van der Waals surface area contributed by atoms with Gasteiger partial charge in [0.25, 0.3) is 0 Å². The van der Waals surface area contributed by atoms with Crippen molar-refractivity contribution in [2.75, 3.05) is 19.7 Å². The number of nitrogens with zero attached hydrogens (tertiary/aromatic N) is 1. The molecule has 0 aliphatic carbocycles. The Labute approximate surface area is 150 Å². The van der Waals surface area contributed by atoms with Crippen LogP contribution < -0.4 is 4.74 Å². The van der Waals surface area contributed by atoms with E-state index in [1.807, 2.05) is 0 Å². The molecule has 1 atom stereocenters. The number of rotatable bonds is 4. The van der Waals surface area contributed by atoms with Gasteiger partial charge < -0.3 is 19.8 Å². The molecule has 0 spiro atoms. The molecule has 5 nitrogen and oxygen atoms in total. The van der Waals surface area contributed by atoms with Crippen LogP contribution in [-0.2, 0) is 6.18 Å². The Balaban J connectivity index is 2.24. The molecule has 0 bridgehead atoms. The minimum absolute atomic E-state index is 0.108. The Bertz CT molecular complexity index is 668. The molecule has 2 N–H and O–H groups in total. The van der Waals surface area contributed by atoms with E-state index in [9.17, 15) is 36.2 Å². The molecule has 152 valence electrons. The van der Waals surface area contributed by atoms with Crippen LogP contribution in [0.4, 0.5) is 31.1 Å². The number of halogens is 6. The maximum absolute atomic E-state index is 12.8. The first kappa shape index (κ1) is 21.1. The first-order chi connectivity index (χ1) is 12.4. The third kappa shape index (κ3) is 5.65. The highest BCUT2D eigenvalue weighted by molar-refractivity contribution is 5.65. The van der Waals surface area contributed by atoms with Gasteiger partial charge in [-0.15, -0.1) is 0 Å². The zero-order valence-corrected chi connectivity index (χ0v) is 13.8. The second-order valence-electron chi connectivity index (χ2n) is 6.21. The zero-order chi connectivity index (χ0) is 20.4. The zero-order valence-electron chi connectivity index (χ0n) is 13.8. The highest BCUT2D eigenvalue weighted by Crippen LogP contribution is 2.39. The lowest BCUT2D eigenvalue weighted by atomic mass is 9.87. The van der Waals surface area contributed by atoms with Gasteiger partial charge in [0.1, 0.15) is 5.75 Å². The molecule has 11 heteroatoms. The molecule has 1 amide bonds. The SMILES string of the molecule is O=C(O)N1CCC([C@H](O)c2ccc(C(F)(F)F)cc2OCC(F)(F)F)CC1. The first-order valence-electron chi connectivity index (χ1n) is 7.95. The van der Waals surface area contributed by atoms with Gasteiger partial charge >= 0.3 is 18.4 Å². The lowest BCUT2D eigenvalue weighted by Gasteiger charge is -2.33. The van der Waals surface area contributed by atoms with Crippen LogP contribution in [0.3, 0.4) is 0 Å². The average Bonchev–Trinajstić information content (AvgIpc) is 2.57. The van der Waals surface area contributed by atoms with Gasteiger partial charge in [0.05, 0.1) is 11.7 Å². The van der Waals surface area contributed by atoms with Crippen molar-refractivity contribution in [3.63, 3.8) is 0 Å². The number of hydrogen-bond acceptors (Lipinski definition) is 3. The fourth-order valence-corrected chi connectivity index (χ4v) is 2.90. The molecule has 0 saturated carbocycles. The van der Waals surface area contributed by atoms with Gasteiger partial charge in [-0.1, -0.05) is 6.07 Å². The van der Waals surface area contributed by atoms with E-state index in [4.69, 9.17) is 5.11 Å². The van der Waals surface area contributed by atoms with Crippen LogP contribution in [0.5, 0.6) is 5.75 Å². The van der Waals surface area contributed by atoms with Crippen LogP contribution >= 0.6 is 0 Å². The van der Waals surface area contributed by atoms with Crippen LogP contribution in [0, 0.1) is 5.92 Å². The minimum Gasteiger partial charge on any atom is -0.484 e. The maximum Gasteiger partial charge on any atom is 0.422 e. The molecule has 0 radical (unpaired) electrons. The Kier molecular flexibility index (Phi) is 6.13. The lowest BCUT2D eigenvalue weighted by molar-refractivity contribution is -0.154. The summed E-state index contributed by atoms with van der Waals surface area (Å²) in [6.45, 7) is -1.58. The predicted octanol–water partition coefficient (Wildman–Crippen LogP) is 4.07. The van der Waals surface area contributed by atoms with E-state index in [0.717, 1.165) is 11.0 Å². The van der Waals surface area contributed by atoms with Gasteiger partial charge in [-0.2, -0.15) is 26.3 Å². The van der Waals surface area contributed by atoms with Gasteiger partial charge in [0.15, 0.2) is 6.61 Å². The number of benzene rings is 1. The van der Waals surface area contributed by atoms with Gasteiger partial charge in [-0.3, -0.25) is 0 Å². The molecule has 1 heterocycles. The number of likely N-dealkylation sites (tertiary alicyclic amines) is 1. The summed E-state index contributed by atoms with van der Waals surface area (Å²) in [7, 11) is 0. The van der Waals surface area contributed by atoms with Gasteiger partial charge in [-0.05, 0) is 30.9 Å². The summed E-state index contributed by atoms with van der Waals surface area (Å²) in [6.07, 6.45) is -11.6. The topological polar surface area (TPSA) is 70.0 Å². The summed E-state index contributed by atoms with van der Waals surface area (Å²) in [4.78, 5) is 12.0. The summed E-state index contributed by atoms with van der Waals surface area (Å²) >= 11 is 0. The molecule has 1 fully saturated rings. The number of amides is 1. The van der Waals surface area contributed by atoms with Crippen molar-refractivity contribution in [2.24, 2.45) is 5.92 Å². The highest BCUT2D eigenvalue weighted by atomic mass is 19.4. The second-order valence-corrected chi connectivity index (χ2v) is 6.21. The van der Waals surface area contributed by atoms with E-state index in [-0.39, 0.29) is 31.5 Å². The summed E-state index contributed by atoms with van der Waals surface area (Å²) in [5.41, 5.74) is -1.39. The lowest BCUT2D eigenvalue weighted by Crippen LogP contribution is -2.38. The number of aliphatic hydroxyl groups excluding tert-OH is 1. The monoisotopic (exact) mass is 401 g/mol. The van der Waals surface area contributed by atoms with E-state index in [1.54, 1.807) is 0 Å². The molecule has 0 aromatic heterocycles. The number of ether oxygens (including phenoxy) is 1. The van der Waals surface area contributed by atoms with Crippen molar-refractivity contribution in [1.29, 1.82) is 0 Å². The van der Waals surface area contributed by atoms with Gasteiger partial charge in [0, 0.05) is 18.7 Å². The van der Waals surface area contributed by atoms with Crippen LogP contribution in [0.2, 0.25) is 0 Å². The number of aliphatic hydroxyl groups is 1. The Morgan fingerprint density at radius 1 is 1.19 bits per heavy atom. The number of carbonyl (C=O) groups is 1. The number of alkyl halides is 6. The molecular weight excluding hydrogens is 384 g/mol. The maximum atomic E-state index is 12.8. The van der Waals surface area contributed by atoms with Crippen molar-refractivity contribution < 1.29 is 46.1 Å². The normalized spacial score (nSPS) is 17.7. The third-order valence-electron chi connectivity index (χ3n) is 4.31. The van der Waals surface area contributed by atoms with E-state index in [2.05, 4.69) is 4.74 Å². The van der Waals surface area contributed by atoms with Crippen molar-refractivity contribution in [3.05, 3.63) is 29.3 Å². The summed E-state index contributed by atoms with van der Waals surface area (Å²) < 4.78 is 80.3. The fraction of sp³-hybridized carbons (Fsp3) is 0.562. The van der Waals surface area contributed by atoms with Crippen LogP contribution in [0.15, 0.2) is 18.2 Å². The quantitative estimate of drug-likeness (QED) is 0.747. The average molecular weight is 401 g/mol. The minimum atomic E-state index is -4.79. The Morgan fingerprint density at radius 2 is 1.78 bits per heavy atom. The smallest absolute Gasteiger partial charge is 0.422 e. The number of piperidine rings is 1. The third-order valence-corrected chi connectivity index (χ3v) is 4.31. The summed E-state index contributed by atoms with van der Waals surface area (Å²) in [5.74, 6) is -1.22. The molecule has 1 aromatic rings. The molecular formula is C16H17F6NO4. The van der Waals surface area contributed by atoms with Crippen molar-refractivity contribution >= 4 is 6.09 Å². The predicted molar refractivity (Wildman–Crippen MR) is 80.3 cm³/mol. The van der Waals surface area contributed by atoms with E-state index in [0.29, 0.717) is 12.1 Å². The summed E-state index contributed by atoms with van der Waals surface area (Å²) in [5, 5.41) is 19.4. The Morgan fingerprint density at radius 3 is 2.26 bits per heavy atom. The first-order valence-corrected chi connectivity index (χ1v) is 7.95. The molecule has 1 aliphatic heterocycles. The van der Waals surface area contributed by atoms with Gasteiger partial charge in [-0.25, -0.2) is 4.79 Å². The molecule has 27 heavy (non-hydrogen) atoms. The Hall–Kier alpha value is -2.17. The molecule has 0 unspecified atom stereocenters. The molecule has 1 aliphatic rings. The van der Waals surface area contributed by atoms with Gasteiger partial charge in [0.2, 0.25) is 0 Å². The largest absolute Gasteiger partial charge is 0.484 e. The summed E-state index contributed by atoms with van der Waals surface area (Å²) in [6, 6.07) is 1.98. The van der Waals surface area contributed by atoms with Crippen LogP contribution in [0.1, 0.15) is 30.1 Å².